The fraction of sp³-hybridized carbons (Fsp3) is 0.478. The van der Waals surface area contributed by atoms with Crippen LogP contribution < -0.4 is 5.73 Å². The number of hydrogen-bond donors (Lipinski definition) is 1. The highest BCUT2D eigenvalue weighted by atomic mass is 16.5. The van der Waals surface area contributed by atoms with Gasteiger partial charge in [0, 0.05) is 12.1 Å². The normalized spacial score (nSPS) is 25.7. The largest absolute Gasteiger partial charge is 0.365 e. The van der Waals surface area contributed by atoms with Crippen molar-refractivity contribution in [3.8, 4) is 0 Å². The molecule has 0 amide bonds. The zero-order valence-electron chi connectivity index (χ0n) is 15.5. The molecule has 2 atom stereocenters. The minimum absolute atomic E-state index is 0.0254. The van der Waals surface area contributed by atoms with E-state index in [1.165, 1.54) is 24.0 Å². The van der Waals surface area contributed by atoms with Crippen molar-refractivity contribution in [3.05, 3.63) is 71.8 Å². The lowest BCUT2D eigenvalue weighted by Gasteiger charge is -2.40. The van der Waals surface area contributed by atoms with Gasteiger partial charge in [-0.1, -0.05) is 60.7 Å². The van der Waals surface area contributed by atoms with Crippen LogP contribution in [0.3, 0.4) is 0 Å². The summed E-state index contributed by atoms with van der Waals surface area (Å²) in [6.07, 6.45) is 6.40. The Hall–Kier alpha value is -1.68. The van der Waals surface area contributed by atoms with Crippen LogP contribution in [-0.2, 0) is 4.74 Å². The lowest BCUT2D eigenvalue weighted by atomic mass is 9.97. The van der Waals surface area contributed by atoms with Gasteiger partial charge in [0.15, 0.2) is 0 Å². The molecule has 2 saturated heterocycles. The van der Waals surface area contributed by atoms with Crippen molar-refractivity contribution in [2.75, 3.05) is 13.1 Å². The van der Waals surface area contributed by atoms with Crippen LogP contribution in [0.1, 0.15) is 49.3 Å². The fourth-order valence-corrected chi connectivity index (χ4v) is 4.77. The Morgan fingerprint density at radius 2 is 1.42 bits per heavy atom. The first-order chi connectivity index (χ1) is 12.8. The van der Waals surface area contributed by atoms with Crippen LogP contribution in [0.15, 0.2) is 60.7 Å². The first-order valence-corrected chi connectivity index (χ1v) is 10.1. The summed E-state index contributed by atoms with van der Waals surface area (Å²) >= 11 is 0. The second kappa shape index (κ2) is 8.34. The first kappa shape index (κ1) is 17.7. The van der Waals surface area contributed by atoms with E-state index in [1.807, 2.05) is 0 Å². The first-order valence-electron chi connectivity index (χ1n) is 10.1. The molecule has 26 heavy (non-hydrogen) atoms. The van der Waals surface area contributed by atoms with Crippen molar-refractivity contribution in [1.82, 2.24) is 4.90 Å². The van der Waals surface area contributed by atoms with Gasteiger partial charge in [0.1, 0.15) is 6.10 Å². The van der Waals surface area contributed by atoms with Gasteiger partial charge in [-0.2, -0.15) is 0 Å². The van der Waals surface area contributed by atoms with Gasteiger partial charge < -0.3 is 10.5 Å². The summed E-state index contributed by atoms with van der Waals surface area (Å²) in [5, 5.41) is 0. The van der Waals surface area contributed by atoms with E-state index in [4.69, 9.17) is 10.5 Å². The van der Waals surface area contributed by atoms with Crippen LogP contribution in [0.4, 0.5) is 0 Å². The van der Waals surface area contributed by atoms with Gasteiger partial charge in [-0.25, -0.2) is 0 Å². The highest BCUT2D eigenvalue weighted by Gasteiger charge is 2.41. The summed E-state index contributed by atoms with van der Waals surface area (Å²) < 4.78 is 6.75. The van der Waals surface area contributed by atoms with Gasteiger partial charge in [0.25, 0.3) is 0 Å². The van der Waals surface area contributed by atoms with Crippen molar-refractivity contribution in [2.45, 2.75) is 56.4 Å². The SMILES string of the molecule is NCCCN1C2CCC1CC(OC(c1ccccc1)c1ccccc1)C2. The number of benzene rings is 2. The molecule has 0 spiro atoms. The molecule has 0 aliphatic carbocycles. The van der Waals surface area contributed by atoms with Crippen LogP contribution in [0.25, 0.3) is 0 Å². The van der Waals surface area contributed by atoms with Crippen molar-refractivity contribution in [1.29, 1.82) is 0 Å². The molecule has 0 saturated carbocycles. The molecule has 138 valence electrons. The number of nitrogens with two attached hydrogens (primary N) is 1. The topological polar surface area (TPSA) is 38.5 Å². The van der Waals surface area contributed by atoms with Gasteiger partial charge in [0.2, 0.25) is 0 Å². The van der Waals surface area contributed by atoms with Crippen LogP contribution in [0, 0.1) is 0 Å². The zero-order chi connectivity index (χ0) is 17.8. The maximum absolute atomic E-state index is 6.75. The summed E-state index contributed by atoms with van der Waals surface area (Å²) in [5.41, 5.74) is 8.22. The molecule has 0 aromatic heterocycles. The molecule has 2 aromatic carbocycles. The Labute approximate surface area is 157 Å². The molecule has 0 radical (unpaired) electrons. The summed E-state index contributed by atoms with van der Waals surface area (Å²) in [5.74, 6) is 0. The standard InChI is InChI=1S/C23H30N2O/c24-14-7-15-25-20-12-13-21(25)17-22(16-20)26-23(18-8-3-1-4-9-18)19-10-5-2-6-11-19/h1-6,8-11,20-23H,7,12-17,24H2. The lowest BCUT2D eigenvalue weighted by molar-refractivity contribution is -0.0481. The van der Waals surface area contributed by atoms with Gasteiger partial charge >= 0.3 is 0 Å². The highest BCUT2D eigenvalue weighted by Crippen LogP contribution is 2.39. The molecule has 2 N–H and O–H groups in total. The van der Waals surface area contributed by atoms with Crippen molar-refractivity contribution in [2.24, 2.45) is 5.73 Å². The van der Waals surface area contributed by atoms with E-state index in [9.17, 15) is 0 Å². The molecule has 2 bridgehead atoms. The minimum atomic E-state index is 0.0254. The highest BCUT2D eigenvalue weighted by molar-refractivity contribution is 5.30. The van der Waals surface area contributed by atoms with Gasteiger partial charge in [-0.05, 0) is 56.3 Å². The third kappa shape index (κ3) is 3.85. The van der Waals surface area contributed by atoms with Gasteiger partial charge in [-0.3, -0.25) is 4.90 Å². The predicted octanol–water partition coefficient (Wildman–Crippen LogP) is 4.14. The zero-order valence-corrected chi connectivity index (χ0v) is 15.5. The summed E-state index contributed by atoms with van der Waals surface area (Å²) in [6.45, 7) is 1.94. The summed E-state index contributed by atoms with van der Waals surface area (Å²) in [7, 11) is 0. The predicted molar refractivity (Wildman–Crippen MR) is 106 cm³/mol. The van der Waals surface area contributed by atoms with Crippen molar-refractivity contribution < 1.29 is 4.74 Å². The van der Waals surface area contributed by atoms with Crippen LogP contribution >= 0.6 is 0 Å². The number of nitrogens with zero attached hydrogens (tertiary/aromatic N) is 1. The summed E-state index contributed by atoms with van der Waals surface area (Å²) in [4.78, 5) is 2.70. The Kier molecular flexibility index (Phi) is 5.68. The second-order valence-corrected chi connectivity index (χ2v) is 7.70. The maximum atomic E-state index is 6.75. The molecule has 2 aliphatic rings. The Balaban J connectivity index is 1.49. The number of rotatable bonds is 7. The second-order valence-electron chi connectivity index (χ2n) is 7.70. The number of ether oxygens (including phenoxy) is 1. The van der Waals surface area contributed by atoms with E-state index >= 15 is 0 Å². The van der Waals surface area contributed by atoms with Gasteiger partial charge in [-0.15, -0.1) is 0 Å². The molecule has 3 nitrogen and oxygen atoms in total. The molecule has 2 heterocycles. The van der Waals surface area contributed by atoms with E-state index in [2.05, 4.69) is 65.6 Å². The Morgan fingerprint density at radius 3 is 1.92 bits per heavy atom. The lowest BCUT2D eigenvalue weighted by Crippen LogP contribution is -2.46. The van der Waals surface area contributed by atoms with E-state index in [0.717, 1.165) is 32.4 Å². The minimum Gasteiger partial charge on any atom is -0.365 e. The smallest absolute Gasteiger partial charge is 0.108 e. The van der Waals surface area contributed by atoms with Crippen molar-refractivity contribution >= 4 is 0 Å². The monoisotopic (exact) mass is 350 g/mol. The summed E-state index contributed by atoms with van der Waals surface area (Å²) in [6, 6.07) is 22.7. The molecule has 4 rings (SSSR count). The molecular formula is C23H30N2O. The quantitative estimate of drug-likeness (QED) is 0.816. The third-order valence-corrected chi connectivity index (χ3v) is 5.99. The average Bonchev–Trinajstić information content (AvgIpc) is 2.93. The van der Waals surface area contributed by atoms with Crippen LogP contribution in [-0.4, -0.2) is 36.2 Å². The average molecular weight is 351 g/mol. The number of hydrogen-bond acceptors (Lipinski definition) is 3. The Bertz CT molecular complexity index is 622. The van der Waals surface area contributed by atoms with Crippen LogP contribution in [0.5, 0.6) is 0 Å². The maximum Gasteiger partial charge on any atom is 0.108 e. The van der Waals surface area contributed by atoms with Crippen molar-refractivity contribution in [3.63, 3.8) is 0 Å². The van der Waals surface area contributed by atoms with Gasteiger partial charge in [0.05, 0.1) is 6.10 Å². The number of fused-ring (bicyclic) bond motifs is 2. The number of piperidine rings is 1. The van der Waals surface area contributed by atoms with Crippen LogP contribution in [0.2, 0.25) is 0 Å². The van der Waals surface area contributed by atoms with E-state index in [1.54, 1.807) is 0 Å². The van der Waals surface area contributed by atoms with E-state index in [-0.39, 0.29) is 6.10 Å². The Morgan fingerprint density at radius 1 is 0.885 bits per heavy atom. The fourth-order valence-electron chi connectivity index (χ4n) is 4.77. The van der Waals surface area contributed by atoms with E-state index in [0.29, 0.717) is 18.2 Å². The molecule has 2 unspecified atom stereocenters. The molecule has 2 aromatic rings. The molecular weight excluding hydrogens is 320 g/mol. The third-order valence-electron chi connectivity index (χ3n) is 5.99. The molecule has 2 fully saturated rings. The van der Waals surface area contributed by atoms with E-state index < -0.39 is 0 Å². The molecule has 2 aliphatic heterocycles. The molecule has 3 heteroatoms.